The Hall–Kier alpha value is -1.70. The number of aryl methyl sites for hydroxylation is 4. The van der Waals surface area contributed by atoms with Crippen molar-refractivity contribution >= 4 is 39.1 Å². The van der Waals surface area contributed by atoms with Gasteiger partial charge in [-0.2, -0.15) is 0 Å². The van der Waals surface area contributed by atoms with Crippen molar-refractivity contribution in [2.75, 3.05) is 12.4 Å². The Morgan fingerprint density at radius 1 is 1.28 bits per heavy atom. The number of hydrogen-bond acceptors (Lipinski definition) is 6. The Bertz CT molecular complexity index is 1080. The van der Waals surface area contributed by atoms with Crippen LogP contribution in [0.1, 0.15) is 50.9 Å². The zero-order chi connectivity index (χ0) is 20.7. The number of carbonyl (C=O) groups is 1. The molecule has 1 saturated heterocycles. The normalized spacial score (nSPS) is 16.8. The highest BCUT2D eigenvalue weighted by atomic mass is 32.2. The Labute approximate surface area is 179 Å². The first kappa shape index (κ1) is 20.6. The van der Waals surface area contributed by atoms with Gasteiger partial charge in [-0.25, -0.2) is 9.97 Å². The van der Waals surface area contributed by atoms with E-state index in [9.17, 15) is 4.79 Å². The molecule has 0 spiro atoms. The highest BCUT2D eigenvalue weighted by Gasteiger charge is 2.22. The summed E-state index contributed by atoms with van der Waals surface area (Å²) >= 11 is 3.22. The van der Waals surface area contributed by atoms with Crippen LogP contribution in [0.15, 0.2) is 11.1 Å². The molecule has 7 heteroatoms. The number of thiophene rings is 1. The molecule has 0 radical (unpaired) electrons. The molecule has 0 aliphatic carbocycles. The monoisotopic (exact) mass is 429 g/mol. The van der Waals surface area contributed by atoms with Crippen molar-refractivity contribution in [2.45, 2.75) is 65.1 Å². The summed E-state index contributed by atoms with van der Waals surface area (Å²) in [7, 11) is 0. The maximum absolute atomic E-state index is 13.0. The van der Waals surface area contributed by atoms with E-state index in [1.165, 1.54) is 22.2 Å². The predicted octanol–water partition coefficient (Wildman–Crippen LogP) is 5.19. The fourth-order valence-electron chi connectivity index (χ4n) is 3.99. The minimum Gasteiger partial charge on any atom is -0.376 e. The lowest BCUT2D eigenvalue weighted by Gasteiger charge is -2.14. The van der Waals surface area contributed by atoms with Crippen LogP contribution in [0.5, 0.6) is 0 Å². The largest absolute Gasteiger partial charge is 0.376 e. The van der Waals surface area contributed by atoms with Crippen molar-refractivity contribution < 1.29 is 9.53 Å². The van der Waals surface area contributed by atoms with Crippen molar-refractivity contribution in [3.63, 3.8) is 0 Å². The summed E-state index contributed by atoms with van der Waals surface area (Å²) in [5.74, 6) is 1.28. The molecule has 154 valence electrons. The van der Waals surface area contributed by atoms with Gasteiger partial charge < -0.3 is 9.30 Å². The van der Waals surface area contributed by atoms with Crippen molar-refractivity contribution in [3.8, 4) is 0 Å². The number of nitrogens with zero attached hydrogens (tertiary/aromatic N) is 3. The van der Waals surface area contributed by atoms with Gasteiger partial charge in [0, 0.05) is 40.4 Å². The molecule has 3 aromatic rings. The molecular weight excluding hydrogens is 402 g/mol. The van der Waals surface area contributed by atoms with E-state index in [2.05, 4.69) is 35.3 Å². The molecule has 0 amide bonds. The molecule has 4 rings (SSSR count). The lowest BCUT2D eigenvalue weighted by molar-refractivity contribution is 0.0957. The lowest BCUT2D eigenvalue weighted by atomic mass is 10.2. The third-order valence-electron chi connectivity index (χ3n) is 5.73. The molecule has 0 bridgehead atoms. The van der Waals surface area contributed by atoms with E-state index in [0.29, 0.717) is 5.75 Å². The Kier molecular flexibility index (Phi) is 5.82. The van der Waals surface area contributed by atoms with Crippen molar-refractivity contribution in [2.24, 2.45) is 0 Å². The second kappa shape index (κ2) is 8.20. The number of aromatic nitrogens is 3. The number of Topliss-reactive ketones (excluding diaryl/α,β-unsaturated/α-hetero) is 1. The number of thioether (sulfide) groups is 1. The van der Waals surface area contributed by atoms with Gasteiger partial charge in [0.1, 0.15) is 15.7 Å². The first-order valence-electron chi connectivity index (χ1n) is 10.0. The van der Waals surface area contributed by atoms with E-state index in [0.717, 1.165) is 64.0 Å². The van der Waals surface area contributed by atoms with E-state index in [1.54, 1.807) is 11.3 Å². The zero-order valence-electron chi connectivity index (χ0n) is 17.7. The zero-order valence-corrected chi connectivity index (χ0v) is 19.3. The summed E-state index contributed by atoms with van der Waals surface area (Å²) in [5.41, 5.74) is 4.19. The van der Waals surface area contributed by atoms with Crippen LogP contribution < -0.4 is 0 Å². The van der Waals surface area contributed by atoms with E-state index in [-0.39, 0.29) is 11.9 Å². The molecular formula is C22H27N3O2S2. The molecule has 1 aliphatic rings. The summed E-state index contributed by atoms with van der Waals surface area (Å²) in [4.78, 5) is 24.5. The van der Waals surface area contributed by atoms with Crippen LogP contribution in [-0.4, -0.2) is 38.8 Å². The Morgan fingerprint density at radius 3 is 2.79 bits per heavy atom. The molecule has 1 aliphatic heterocycles. The first-order valence-corrected chi connectivity index (χ1v) is 11.8. The van der Waals surface area contributed by atoms with Crippen molar-refractivity contribution in [1.29, 1.82) is 0 Å². The smallest absolute Gasteiger partial charge is 0.174 e. The van der Waals surface area contributed by atoms with Crippen LogP contribution in [0.3, 0.4) is 0 Å². The fourth-order valence-corrected chi connectivity index (χ4v) is 6.14. The van der Waals surface area contributed by atoms with E-state index >= 15 is 0 Å². The second-order valence-corrected chi connectivity index (χ2v) is 9.95. The lowest BCUT2D eigenvalue weighted by Crippen LogP contribution is -2.17. The number of ether oxygens (including phenoxy) is 1. The van der Waals surface area contributed by atoms with Crippen molar-refractivity contribution in [3.05, 3.63) is 39.3 Å². The topological polar surface area (TPSA) is 57.0 Å². The van der Waals surface area contributed by atoms with Gasteiger partial charge in [0.15, 0.2) is 5.78 Å². The van der Waals surface area contributed by atoms with Gasteiger partial charge in [0.05, 0.1) is 11.9 Å². The van der Waals surface area contributed by atoms with Gasteiger partial charge in [-0.15, -0.1) is 11.3 Å². The molecule has 0 unspecified atom stereocenters. The highest BCUT2D eigenvalue weighted by molar-refractivity contribution is 8.00. The number of fused-ring (bicyclic) bond motifs is 1. The van der Waals surface area contributed by atoms with Gasteiger partial charge in [-0.3, -0.25) is 4.79 Å². The SMILES string of the molecule is Cc1nc(SCC(=O)c2cc(C)n(C[C@H]3CCCO3)c2C)c2c(C)c(C)sc2n1. The first-order chi connectivity index (χ1) is 13.8. The van der Waals surface area contributed by atoms with E-state index in [4.69, 9.17) is 4.74 Å². The van der Waals surface area contributed by atoms with Gasteiger partial charge in [-0.1, -0.05) is 11.8 Å². The molecule has 1 fully saturated rings. The third-order valence-corrected chi connectivity index (χ3v) is 7.81. The number of carbonyl (C=O) groups excluding carboxylic acids is 1. The molecule has 0 aromatic carbocycles. The van der Waals surface area contributed by atoms with Gasteiger partial charge >= 0.3 is 0 Å². The predicted molar refractivity (Wildman–Crippen MR) is 120 cm³/mol. The molecule has 3 aromatic heterocycles. The quantitative estimate of drug-likeness (QED) is 0.307. The number of rotatable bonds is 6. The maximum Gasteiger partial charge on any atom is 0.174 e. The summed E-state index contributed by atoms with van der Waals surface area (Å²) < 4.78 is 8.01. The minimum atomic E-state index is 0.149. The standard InChI is InChI=1S/C22H27N3O2S2/c1-12-9-18(14(3)25(12)10-17-7-6-8-27-17)19(26)11-28-21-20-13(2)15(4)29-22(20)24-16(5)23-21/h9,17H,6-8,10-11H2,1-5H3/t17-/m1/s1. The Morgan fingerprint density at radius 2 is 2.07 bits per heavy atom. The van der Waals surface area contributed by atoms with Gasteiger partial charge in [0.2, 0.25) is 0 Å². The molecule has 0 N–H and O–H groups in total. The summed E-state index contributed by atoms with van der Waals surface area (Å²) in [6.07, 6.45) is 2.48. The average molecular weight is 430 g/mol. The molecule has 5 nitrogen and oxygen atoms in total. The van der Waals surface area contributed by atoms with Gasteiger partial charge in [-0.05, 0) is 59.1 Å². The minimum absolute atomic E-state index is 0.149. The molecule has 29 heavy (non-hydrogen) atoms. The van der Waals surface area contributed by atoms with E-state index in [1.807, 2.05) is 19.9 Å². The summed E-state index contributed by atoms with van der Waals surface area (Å²) in [5, 5.41) is 2.01. The second-order valence-electron chi connectivity index (χ2n) is 7.78. The van der Waals surface area contributed by atoms with Gasteiger partial charge in [0.25, 0.3) is 0 Å². The number of hydrogen-bond donors (Lipinski definition) is 0. The molecule has 4 heterocycles. The number of ketones is 1. The van der Waals surface area contributed by atoms with Crippen LogP contribution in [0.25, 0.3) is 10.2 Å². The summed E-state index contributed by atoms with van der Waals surface area (Å²) in [6, 6.07) is 2.02. The highest BCUT2D eigenvalue weighted by Crippen LogP contribution is 2.35. The Balaban J connectivity index is 1.54. The molecule has 0 saturated carbocycles. The van der Waals surface area contributed by atoms with Crippen LogP contribution in [0.4, 0.5) is 0 Å². The van der Waals surface area contributed by atoms with Crippen molar-refractivity contribution in [1.82, 2.24) is 14.5 Å². The van der Waals surface area contributed by atoms with E-state index < -0.39 is 0 Å². The average Bonchev–Trinajstić information content (AvgIpc) is 3.36. The van der Waals surface area contributed by atoms with Crippen LogP contribution in [-0.2, 0) is 11.3 Å². The van der Waals surface area contributed by atoms with Crippen LogP contribution >= 0.6 is 23.1 Å². The summed E-state index contributed by atoms with van der Waals surface area (Å²) in [6.45, 7) is 11.9. The van der Waals surface area contributed by atoms with Crippen LogP contribution in [0.2, 0.25) is 0 Å². The fraction of sp³-hybridized carbons (Fsp3) is 0.500. The molecule has 1 atom stereocenters. The third kappa shape index (κ3) is 4.00. The maximum atomic E-state index is 13.0. The van der Waals surface area contributed by atoms with Crippen LogP contribution in [0, 0.1) is 34.6 Å².